The highest BCUT2D eigenvalue weighted by molar-refractivity contribution is 7.84. The molecule has 4 nitrogen and oxygen atoms in total. The second-order valence-electron chi connectivity index (χ2n) is 6.45. The number of amides is 1. The van der Waals surface area contributed by atoms with Gasteiger partial charge in [-0.2, -0.15) is 0 Å². The second kappa shape index (κ2) is 8.92. The number of benzene rings is 2. The van der Waals surface area contributed by atoms with Gasteiger partial charge in [-0.3, -0.25) is 9.00 Å². The lowest BCUT2D eigenvalue weighted by molar-refractivity contribution is -0.116. The van der Waals surface area contributed by atoms with Crippen LogP contribution in [0.3, 0.4) is 0 Å². The normalized spacial score (nSPS) is 18.0. The Morgan fingerprint density at radius 1 is 1.16 bits per heavy atom. The molecule has 5 heteroatoms. The Morgan fingerprint density at radius 3 is 2.76 bits per heavy atom. The number of hydrogen-bond donors (Lipinski definition) is 2. The number of rotatable bonds is 7. The maximum atomic E-state index is 12.4. The monoisotopic (exact) mass is 356 g/mol. The Bertz CT molecular complexity index is 727. The summed E-state index contributed by atoms with van der Waals surface area (Å²) in [5.74, 6) is 1.11. The Morgan fingerprint density at radius 2 is 2.00 bits per heavy atom. The van der Waals surface area contributed by atoms with E-state index in [0.29, 0.717) is 18.1 Å². The van der Waals surface area contributed by atoms with Crippen LogP contribution in [0.1, 0.15) is 24.8 Å². The van der Waals surface area contributed by atoms with Crippen LogP contribution in [-0.4, -0.2) is 23.2 Å². The van der Waals surface area contributed by atoms with Gasteiger partial charge in [0.15, 0.2) is 0 Å². The minimum absolute atomic E-state index is 0.0493. The molecule has 0 spiro atoms. The lowest BCUT2D eigenvalue weighted by Crippen LogP contribution is -2.15. The maximum absolute atomic E-state index is 12.4. The van der Waals surface area contributed by atoms with Gasteiger partial charge < -0.3 is 10.6 Å². The number of anilines is 1. The number of carbonyl (C=O) groups is 1. The molecular weight excluding hydrogens is 332 g/mol. The van der Waals surface area contributed by atoms with E-state index in [-0.39, 0.29) is 5.91 Å². The lowest BCUT2D eigenvalue weighted by atomic mass is 10.0. The van der Waals surface area contributed by atoms with E-state index >= 15 is 0 Å². The van der Waals surface area contributed by atoms with Crippen molar-refractivity contribution < 1.29 is 9.00 Å². The van der Waals surface area contributed by atoms with Crippen molar-refractivity contribution in [3.63, 3.8) is 0 Å². The highest BCUT2D eigenvalue weighted by atomic mass is 32.2. The molecule has 132 valence electrons. The van der Waals surface area contributed by atoms with E-state index in [0.717, 1.165) is 42.1 Å². The van der Waals surface area contributed by atoms with Gasteiger partial charge in [-0.25, -0.2) is 0 Å². The molecule has 1 amide bonds. The molecule has 1 aliphatic heterocycles. The van der Waals surface area contributed by atoms with Crippen molar-refractivity contribution in [1.82, 2.24) is 5.32 Å². The molecule has 2 atom stereocenters. The van der Waals surface area contributed by atoms with Gasteiger partial charge in [0.1, 0.15) is 0 Å². The quantitative estimate of drug-likeness (QED) is 0.800. The summed E-state index contributed by atoms with van der Waals surface area (Å²) in [5, 5.41) is 6.29. The predicted octanol–water partition coefficient (Wildman–Crippen LogP) is 3.32. The summed E-state index contributed by atoms with van der Waals surface area (Å²) >= 11 is 0. The first kappa shape index (κ1) is 17.8. The highest BCUT2D eigenvalue weighted by Gasteiger charge is 2.15. The van der Waals surface area contributed by atoms with Crippen molar-refractivity contribution in [2.24, 2.45) is 5.92 Å². The summed E-state index contributed by atoms with van der Waals surface area (Å²) < 4.78 is 12.4. The van der Waals surface area contributed by atoms with E-state index in [2.05, 4.69) is 10.6 Å². The van der Waals surface area contributed by atoms with Crippen LogP contribution in [0.2, 0.25) is 0 Å². The molecule has 1 fully saturated rings. The minimum atomic E-state index is -1.08. The zero-order chi connectivity index (χ0) is 17.5. The minimum Gasteiger partial charge on any atom is -0.326 e. The van der Waals surface area contributed by atoms with Crippen LogP contribution in [-0.2, 0) is 21.3 Å². The van der Waals surface area contributed by atoms with Gasteiger partial charge in [-0.1, -0.05) is 30.3 Å². The first-order valence-corrected chi connectivity index (χ1v) is 10.1. The average Bonchev–Trinajstić information content (AvgIpc) is 3.15. The fourth-order valence-electron chi connectivity index (χ4n) is 3.07. The molecular formula is C20H24N2O2S. The molecule has 0 bridgehead atoms. The van der Waals surface area contributed by atoms with E-state index < -0.39 is 10.8 Å². The van der Waals surface area contributed by atoms with Crippen LogP contribution >= 0.6 is 0 Å². The molecule has 2 aromatic carbocycles. The molecule has 0 aliphatic carbocycles. The highest BCUT2D eigenvalue weighted by Crippen LogP contribution is 2.18. The van der Waals surface area contributed by atoms with Gasteiger partial charge in [0, 0.05) is 17.0 Å². The van der Waals surface area contributed by atoms with Crippen molar-refractivity contribution in [1.29, 1.82) is 0 Å². The standard InChI is InChI=1S/C20H24N2O2S/c23-20(10-9-16-11-12-21-14-16)22-18-6-4-5-17(13-18)15-25(24)19-7-2-1-3-8-19/h1-8,13,16,21H,9-12,14-15H2,(H,22,23). The Balaban J connectivity index is 1.53. The van der Waals surface area contributed by atoms with Gasteiger partial charge >= 0.3 is 0 Å². The molecule has 1 saturated heterocycles. The zero-order valence-corrected chi connectivity index (χ0v) is 15.1. The summed E-state index contributed by atoms with van der Waals surface area (Å²) in [5.41, 5.74) is 1.73. The molecule has 1 aliphatic rings. The largest absolute Gasteiger partial charge is 0.326 e. The van der Waals surface area contributed by atoms with Crippen LogP contribution < -0.4 is 10.6 Å². The summed E-state index contributed by atoms with van der Waals surface area (Å²) in [6.07, 6.45) is 2.64. The Hall–Kier alpha value is -1.98. The third-order valence-corrected chi connectivity index (χ3v) is 5.85. The molecule has 2 aromatic rings. The fraction of sp³-hybridized carbons (Fsp3) is 0.350. The van der Waals surface area contributed by atoms with E-state index in [4.69, 9.17) is 0 Å². The second-order valence-corrected chi connectivity index (χ2v) is 7.90. The number of hydrogen-bond acceptors (Lipinski definition) is 3. The summed E-state index contributed by atoms with van der Waals surface area (Å²) in [7, 11) is -1.08. The SMILES string of the molecule is O=C(CCC1CCNC1)Nc1cccc(CS(=O)c2ccccc2)c1. The number of nitrogens with one attached hydrogen (secondary N) is 2. The molecule has 0 radical (unpaired) electrons. The smallest absolute Gasteiger partial charge is 0.224 e. The van der Waals surface area contributed by atoms with Crippen LogP contribution in [0, 0.1) is 5.92 Å². The third-order valence-electron chi connectivity index (χ3n) is 4.46. The molecule has 25 heavy (non-hydrogen) atoms. The van der Waals surface area contributed by atoms with E-state index in [9.17, 15) is 9.00 Å². The van der Waals surface area contributed by atoms with Crippen molar-refractivity contribution in [3.05, 3.63) is 60.2 Å². The van der Waals surface area contributed by atoms with Crippen molar-refractivity contribution >= 4 is 22.4 Å². The molecule has 0 saturated carbocycles. The molecule has 2 N–H and O–H groups in total. The molecule has 1 heterocycles. The topological polar surface area (TPSA) is 58.2 Å². The molecule has 3 rings (SSSR count). The van der Waals surface area contributed by atoms with E-state index in [1.807, 2.05) is 54.6 Å². The summed E-state index contributed by atoms with van der Waals surface area (Å²) in [6.45, 7) is 2.08. The third kappa shape index (κ3) is 5.51. The van der Waals surface area contributed by atoms with Crippen LogP contribution in [0.15, 0.2) is 59.5 Å². The van der Waals surface area contributed by atoms with Crippen molar-refractivity contribution in [2.75, 3.05) is 18.4 Å². The average molecular weight is 356 g/mol. The number of carbonyl (C=O) groups excluding carboxylic acids is 1. The van der Waals surface area contributed by atoms with Crippen LogP contribution in [0.4, 0.5) is 5.69 Å². The molecule has 2 unspecified atom stereocenters. The van der Waals surface area contributed by atoms with Crippen molar-refractivity contribution in [3.8, 4) is 0 Å². The zero-order valence-electron chi connectivity index (χ0n) is 14.2. The van der Waals surface area contributed by atoms with Crippen molar-refractivity contribution in [2.45, 2.75) is 29.9 Å². The predicted molar refractivity (Wildman–Crippen MR) is 102 cm³/mol. The molecule has 0 aromatic heterocycles. The summed E-state index contributed by atoms with van der Waals surface area (Å²) in [4.78, 5) is 13.0. The Labute approximate surface area is 151 Å². The van der Waals surface area contributed by atoms with Gasteiger partial charge in [-0.05, 0) is 61.7 Å². The van der Waals surface area contributed by atoms with Crippen LogP contribution in [0.25, 0.3) is 0 Å². The van der Waals surface area contributed by atoms with Gasteiger partial charge in [-0.15, -0.1) is 0 Å². The summed E-state index contributed by atoms with van der Waals surface area (Å²) in [6, 6.07) is 17.1. The lowest BCUT2D eigenvalue weighted by Gasteiger charge is -2.10. The first-order chi connectivity index (χ1) is 12.2. The van der Waals surface area contributed by atoms with Gasteiger partial charge in [0.2, 0.25) is 5.91 Å². The van der Waals surface area contributed by atoms with E-state index in [1.54, 1.807) is 0 Å². The van der Waals surface area contributed by atoms with Gasteiger partial charge in [0.05, 0.1) is 16.6 Å². The first-order valence-electron chi connectivity index (χ1n) is 8.73. The Kier molecular flexibility index (Phi) is 6.36. The van der Waals surface area contributed by atoms with Gasteiger partial charge in [0.25, 0.3) is 0 Å². The maximum Gasteiger partial charge on any atom is 0.224 e. The fourth-order valence-corrected chi connectivity index (χ4v) is 4.18. The van der Waals surface area contributed by atoms with E-state index in [1.165, 1.54) is 0 Å². The van der Waals surface area contributed by atoms with Crippen LogP contribution in [0.5, 0.6) is 0 Å².